The second-order valence-corrected chi connectivity index (χ2v) is 10.6. The zero-order valence-electron chi connectivity index (χ0n) is 22.1. The minimum Gasteiger partial charge on any atom is -0.449 e. The molecule has 1 atom stereocenters. The van der Waals surface area contributed by atoms with E-state index in [0.29, 0.717) is 66.8 Å². The number of amides is 2. The Morgan fingerprint density at radius 2 is 1.74 bits per heavy atom. The zero-order valence-corrected chi connectivity index (χ0v) is 22.1. The van der Waals surface area contributed by atoms with Crippen molar-refractivity contribution in [1.29, 1.82) is 0 Å². The number of carbonyl (C=O) groups is 3. The highest BCUT2D eigenvalue weighted by molar-refractivity contribution is 5.96. The fourth-order valence-corrected chi connectivity index (χ4v) is 6.08. The molecule has 6 rings (SSSR count). The first-order chi connectivity index (χ1) is 18.8. The van der Waals surface area contributed by atoms with Crippen LogP contribution in [0.25, 0.3) is 11.1 Å². The fourth-order valence-electron chi connectivity index (χ4n) is 6.08. The molecule has 0 bridgehead atoms. The largest absolute Gasteiger partial charge is 0.449 e. The number of hydrogen-bond donors (Lipinski definition) is 0. The van der Waals surface area contributed by atoms with Crippen LogP contribution in [0.2, 0.25) is 0 Å². The quantitative estimate of drug-likeness (QED) is 0.434. The third kappa shape index (κ3) is 4.01. The van der Waals surface area contributed by atoms with Gasteiger partial charge in [0.25, 0.3) is 5.91 Å². The van der Waals surface area contributed by atoms with Gasteiger partial charge in [0.2, 0.25) is 5.91 Å². The van der Waals surface area contributed by atoms with Crippen molar-refractivity contribution in [1.82, 2.24) is 14.8 Å². The first kappa shape index (κ1) is 25.2. The van der Waals surface area contributed by atoms with E-state index in [9.17, 15) is 14.4 Å². The minimum absolute atomic E-state index is 0.118. The number of benzene rings is 2. The highest BCUT2D eigenvalue weighted by Gasteiger charge is 2.58. The Hall–Kier alpha value is -4.07. The smallest absolute Gasteiger partial charge is 0.339 e. The van der Waals surface area contributed by atoms with E-state index in [1.807, 2.05) is 26.0 Å². The van der Waals surface area contributed by atoms with Crippen molar-refractivity contribution in [2.75, 3.05) is 26.2 Å². The van der Waals surface area contributed by atoms with Crippen molar-refractivity contribution in [2.45, 2.75) is 44.1 Å². The molecule has 1 spiro atoms. The van der Waals surface area contributed by atoms with Gasteiger partial charge in [0.15, 0.2) is 5.60 Å². The van der Waals surface area contributed by atoms with E-state index in [1.54, 1.807) is 52.4 Å². The normalized spacial score (nSPS) is 20.6. The summed E-state index contributed by atoms with van der Waals surface area (Å²) >= 11 is 0. The summed E-state index contributed by atoms with van der Waals surface area (Å²) in [5.41, 5.74) is 1.71. The lowest BCUT2D eigenvalue weighted by Crippen LogP contribution is -2.40. The number of rotatable bonds is 6. The van der Waals surface area contributed by atoms with Crippen LogP contribution in [0.3, 0.4) is 0 Å². The number of pyridine rings is 1. The van der Waals surface area contributed by atoms with E-state index in [-0.39, 0.29) is 24.3 Å². The molecule has 1 saturated carbocycles. The molecule has 2 fully saturated rings. The molecule has 1 aromatic heterocycles. The maximum Gasteiger partial charge on any atom is 0.339 e. The van der Waals surface area contributed by atoms with Gasteiger partial charge in [-0.25, -0.2) is 9.18 Å². The molecule has 39 heavy (non-hydrogen) atoms. The van der Waals surface area contributed by atoms with Crippen LogP contribution in [-0.4, -0.2) is 58.7 Å². The van der Waals surface area contributed by atoms with E-state index >= 15 is 4.39 Å². The lowest BCUT2D eigenvalue weighted by molar-refractivity contribution is -0.134. The average molecular weight is 528 g/mol. The van der Waals surface area contributed by atoms with Gasteiger partial charge in [-0.15, -0.1) is 0 Å². The van der Waals surface area contributed by atoms with E-state index in [0.717, 1.165) is 5.56 Å². The highest BCUT2D eigenvalue weighted by Crippen LogP contribution is 2.53. The van der Waals surface area contributed by atoms with E-state index in [1.165, 1.54) is 6.07 Å². The monoisotopic (exact) mass is 527 g/mol. The van der Waals surface area contributed by atoms with Crippen LogP contribution in [0.1, 0.15) is 65.1 Å². The molecule has 3 aromatic rings. The molecule has 1 saturated heterocycles. The first-order valence-corrected chi connectivity index (χ1v) is 13.5. The number of aromatic nitrogens is 1. The van der Waals surface area contributed by atoms with Crippen LogP contribution >= 0.6 is 0 Å². The Balaban J connectivity index is 1.21. The minimum atomic E-state index is -0.894. The molecule has 7 nitrogen and oxygen atoms in total. The summed E-state index contributed by atoms with van der Waals surface area (Å²) in [7, 11) is 0. The second-order valence-electron chi connectivity index (χ2n) is 10.6. The van der Waals surface area contributed by atoms with Crippen LogP contribution in [0.5, 0.6) is 0 Å². The maximum absolute atomic E-state index is 15.5. The van der Waals surface area contributed by atoms with E-state index < -0.39 is 16.8 Å². The van der Waals surface area contributed by atoms with Crippen LogP contribution in [0, 0.1) is 5.82 Å². The first-order valence-electron chi connectivity index (χ1n) is 13.5. The molecule has 0 N–H and O–H groups in total. The summed E-state index contributed by atoms with van der Waals surface area (Å²) in [6.45, 7) is 5.77. The van der Waals surface area contributed by atoms with E-state index in [2.05, 4.69) is 4.98 Å². The Bertz CT molecular complexity index is 1480. The molecule has 1 unspecified atom stereocenters. The standard InChI is InChI=1S/C31H30FN3O4/c1-3-34(4-2)27(36)26-12-10-21(18-33-26)20-9-11-24(25(32)17-20)30(13-14-30)29(38)35-16-15-31(19-35)23-8-6-5-7-22(23)28(37)39-31/h5-12,17-18H,3-4,13-16,19H2,1-2H3. The molecule has 1 aliphatic carbocycles. The van der Waals surface area contributed by atoms with E-state index in [4.69, 9.17) is 4.74 Å². The van der Waals surface area contributed by atoms with Gasteiger partial charge in [0.1, 0.15) is 11.5 Å². The van der Waals surface area contributed by atoms with Gasteiger partial charge in [-0.2, -0.15) is 0 Å². The molecule has 2 amide bonds. The molecule has 3 heterocycles. The molecule has 2 aromatic carbocycles. The SMILES string of the molecule is CCN(CC)C(=O)c1ccc(-c2ccc(C3(C(=O)N4CCC5(C4)OC(=O)c4ccccc45)CC3)c(F)c2)cn1. The maximum atomic E-state index is 15.5. The van der Waals surface area contributed by atoms with Gasteiger partial charge < -0.3 is 14.5 Å². The number of carbonyl (C=O) groups excluding carboxylic acids is 3. The lowest BCUT2D eigenvalue weighted by Gasteiger charge is -2.27. The van der Waals surface area contributed by atoms with Crippen molar-refractivity contribution in [3.05, 3.63) is 89.0 Å². The van der Waals surface area contributed by atoms with Crippen molar-refractivity contribution >= 4 is 17.8 Å². The summed E-state index contributed by atoms with van der Waals surface area (Å²) < 4.78 is 21.3. The summed E-state index contributed by atoms with van der Waals surface area (Å²) in [6.07, 6.45) is 3.25. The number of ether oxygens (including phenoxy) is 1. The summed E-state index contributed by atoms with van der Waals surface area (Å²) in [4.78, 5) is 46.5. The topological polar surface area (TPSA) is 79.8 Å². The average Bonchev–Trinajstić information content (AvgIpc) is 3.58. The van der Waals surface area contributed by atoms with Crippen LogP contribution in [0.4, 0.5) is 4.39 Å². The predicted molar refractivity (Wildman–Crippen MR) is 143 cm³/mol. The molecule has 200 valence electrons. The van der Waals surface area contributed by atoms with Crippen LogP contribution in [0.15, 0.2) is 60.8 Å². The Labute approximate surface area is 226 Å². The molecular formula is C31H30FN3O4. The fraction of sp³-hybridized carbons (Fsp3) is 0.355. The Morgan fingerprint density at radius 1 is 1.00 bits per heavy atom. The van der Waals surface area contributed by atoms with Crippen molar-refractivity contribution < 1.29 is 23.5 Å². The number of hydrogen-bond acceptors (Lipinski definition) is 5. The van der Waals surface area contributed by atoms with Crippen molar-refractivity contribution in [3.8, 4) is 11.1 Å². The van der Waals surface area contributed by atoms with Gasteiger partial charge in [-0.05, 0) is 50.5 Å². The van der Waals surface area contributed by atoms with Crippen molar-refractivity contribution in [3.63, 3.8) is 0 Å². The number of halogens is 1. The molecule has 2 aliphatic heterocycles. The third-order valence-corrected chi connectivity index (χ3v) is 8.46. The van der Waals surface area contributed by atoms with Crippen LogP contribution < -0.4 is 0 Å². The molecule has 3 aliphatic rings. The molecule has 8 heteroatoms. The number of nitrogens with zero attached hydrogens (tertiary/aromatic N) is 3. The Kier molecular flexibility index (Phi) is 6.01. The van der Waals surface area contributed by atoms with Gasteiger partial charge in [0.05, 0.1) is 17.5 Å². The molecule has 0 radical (unpaired) electrons. The van der Waals surface area contributed by atoms with Gasteiger partial charge in [0, 0.05) is 48.9 Å². The van der Waals surface area contributed by atoms with Crippen molar-refractivity contribution in [2.24, 2.45) is 0 Å². The molecular weight excluding hydrogens is 497 g/mol. The van der Waals surface area contributed by atoms with Gasteiger partial charge >= 0.3 is 5.97 Å². The highest BCUT2D eigenvalue weighted by atomic mass is 19.1. The summed E-state index contributed by atoms with van der Waals surface area (Å²) in [5, 5.41) is 0. The third-order valence-electron chi connectivity index (χ3n) is 8.46. The Morgan fingerprint density at radius 3 is 2.41 bits per heavy atom. The number of esters is 1. The van der Waals surface area contributed by atoms with Gasteiger partial charge in [-0.1, -0.05) is 36.4 Å². The zero-order chi connectivity index (χ0) is 27.4. The number of likely N-dealkylation sites (tertiary alicyclic amines) is 1. The number of fused-ring (bicyclic) bond motifs is 2. The lowest BCUT2D eigenvalue weighted by atomic mass is 9.90. The summed E-state index contributed by atoms with van der Waals surface area (Å²) in [6, 6.07) is 15.7. The van der Waals surface area contributed by atoms with Gasteiger partial charge in [-0.3, -0.25) is 14.6 Å². The predicted octanol–water partition coefficient (Wildman–Crippen LogP) is 4.70. The van der Waals surface area contributed by atoms with Crippen LogP contribution in [-0.2, 0) is 20.5 Å². The summed E-state index contributed by atoms with van der Waals surface area (Å²) in [5.74, 6) is -1.05. The second kappa shape index (κ2) is 9.29.